The largest absolute Gasteiger partial charge is 0.497 e. The quantitative estimate of drug-likeness (QED) is 0.339. The van der Waals surface area contributed by atoms with Gasteiger partial charge in [-0.15, -0.1) is 0 Å². The van der Waals surface area contributed by atoms with Crippen LogP contribution in [0.15, 0.2) is 67.1 Å². The summed E-state index contributed by atoms with van der Waals surface area (Å²) in [5.41, 5.74) is 4.54. The van der Waals surface area contributed by atoms with E-state index in [0.717, 1.165) is 65.7 Å². The highest BCUT2D eigenvalue weighted by molar-refractivity contribution is 5.76. The van der Waals surface area contributed by atoms with Gasteiger partial charge in [-0.3, -0.25) is 9.67 Å². The van der Waals surface area contributed by atoms with E-state index in [1.165, 1.54) is 4.90 Å². The van der Waals surface area contributed by atoms with E-state index >= 15 is 0 Å². The van der Waals surface area contributed by atoms with Crippen LogP contribution in [0.3, 0.4) is 0 Å². The van der Waals surface area contributed by atoms with Gasteiger partial charge in [0.25, 0.3) is 0 Å². The van der Waals surface area contributed by atoms with Gasteiger partial charge in [-0.25, -0.2) is 9.78 Å². The van der Waals surface area contributed by atoms with Gasteiger partial charge in [0, 0.05) is 24.8 Å². The van der Waals surface area contributed by atoms with Crippen LogP contribution >= 0.6 is 0 Å². The summed E-state index contributed by atoms with van der Waals surface area (Å²) < 4.78 is 7.25. The van der Waals surface area contributed by atoms with Gasteiger partial charge in [0.05, 0.1) is 42.3 Å². The fourth-order valence-corrected chi connectivity index (χ4v) is 5.00. The number of methoxy groups -OCH3 is 1. The Bertz CT molecular complexity index is 1310. The van der Waals surface area contributed by atoms with Crippen LogP contribution < -0.4 is 4.74 Å². The van der Waals surface area contributed by atoms with Gasteiger partial charge < -0.3 is 14.7 Å². The first-order valence-electron chi connectivity index (χ1n) is 12.5. The molecule has 0 spiro atoms. The van der Waals surface area contributed by atoms with E-state index < -0.39 is 6.09 Å². The minimum atomic E-state index is -0.875. The van der Waals surface area contributed by atoms with Crippen molar-refractivity contribution in [1.82, 2.24) is 24.6 Å². The summed E-state index contributed by atoms with van der Waals surface area (Å²) in [6, 6.07) is 15.8. The molecular weight excluding hydrogens is 454 g/mol. The molecule has 1 amide bonds. The van der Waals surface area contributed by atoms with Gasteiger partial charge in [0.2, 0.25) is 0 Å². The number of hydrogen-bond acceptors (Lipinski definition) is 5. The van der Waals surface area contributed by atoms with Gasteiger partial charge >= 0.3 is 6.09 Å². The van der Waals surface area contributed by atoms with Crippen LogP contribution in [-0.4, -0.2) is 49.5 Å². The Morgan fingerprint density at radius 1 is 1.06 bits per heavy atom. The van der Waals surface area contributed by atoms with Gasteiger partial charge in [-0.05, 0) is 67.9 Å². The Balaban J connectivity index is 1.14. The van der Waals surface area contributed by atoms with Gasteiger partial charge in [0.15, 0.2) is 0 Å². The van der Waals surface area contributed by atoms with Crippen LogP contribution in [0.25, 0.3) is 22.3 Å². The van der Waals surface area contributed by atoms with Crippen molar-refractivity contribution in [2.75, 3.05) is 13.7 Å². The fourth-order valence-electron chi connectivity index (χ4n) is 5.00. The second kappa shape index (κ2) is 10.8. The molecule has 0 saturated heterocycles. The van der Waals surface area contributed by atoms with E-state index in [-0.39, 0.29) is 0 Å². The molecule has 1 aliphatic carbocycles. The SMILES string of the molecule is COc1ccc(CN(CCC2CCC(n3cc(-c4cnc5ccccc5n4)cn3)CC2)C(=O)O)cc1. The minimum absolute atomic E-state index is 0.360. The summed E-state index contributed by atoms with van der Waals surface area (Å²) in [4.78, 5) is 22.6. The Hall–Kier alpha value is -3.94. The number of rotatable bonds is 8. The summed E-state index contributed by atoms with van der Waals surface area (Å²) in [6.07, 6.45) is 9.99. The Morgan fingerprint density at radius 2 is 1.81 bits per heavy atom. The fraction of sp³-hybridized carbons (Fsp3) is 0.357. The molecule has 8 nitrogen and oxygen atoms in total. The highest BCUT2D eigenvalue weighted by atomic mass is 16.5. The van der Waals surface area contributed by atoms with Crippen molar-refractivity contribution in [3.05, 3.63) is 72.7 Å². The third-order valence-corrected chi connectivity index (χ3v) is 7.15. The maximum atomic E-state index is 11.8. The lowest BCUT2D eigenvalue weighted by Crippen LogP contribution is -2.31. The standard InChI is InChI=1S/C28H31N5O3/c1-36-24-12-8-21(9-13-24)18-32(28(34)35)15-14-20-6-10-23(11-7-20)33-19-22(16-30-33)27-17-29-25-4-2-3-5-26(25)31-27/h2-5,8-9,12-13,16-17,19-20,23H,6-7,10-11,14-15,18H2,1H3,(H,34,35). The van der Waals surface area contributed by atoms with E-state index in [9.17, 15) is 9.90 Å². The number of carboxylic acid groups (broad SMARTS) is 1. The van der Waals surface area contributed by atoms with E-state index in [0.29, 0.717) is 25.0 Å². The summed E-state index contributed by atoms with van der Waals surface area (Å²) in [5, 5.41) is 14.3. The van der Waals surface area contributed by atoms with Gasteiger partial charge in [0.1, 0.15) is 5.75 Å². The predicted molar refractivity (Wildman–Crippen MR) is 138 cm³/mol. The third-order valence-electron chi connectivity index (χ3n) is 7.15. The number of fused-ring (bicyclic) bond motifs is 1. The molecule has 1 fully saturated rings. The summed E-state index contributed by atoms with van der Waals surface area (Å²) >= 11 is 0. The van der Waals surface area contributed by atoms with Crippen LogP contribution in [-0.2, 0) is 6.54 Å². The maximum Gasteiger partial charge on any atom is 0.407 e. The van der Waals surface area contributed by atoms with Crippen LogP contribution in [0, 0.1) is 5.92 Å². The molecule has 0 atom stereocenters. The van der Waals surface area contributed by atoms with Crippen molar-refractivity contribution in [2.24, 2.45) is 5.92 Å². The number of para-hydroxylation sites is 2. The Kier molecular flexibility index (Phi) is 7.11. The van der Waals surface area contributed by atoms with Crippen LogP contribution in [0.5, 0.6) is 5.75 Å². The Morgan fingerprint density at radius 3 is 2.53 bits per heavy atom. The zero-order valence-corrected chi connectivity index (χ0v) is 20.5. The van der Waals surface area contributed by atoms with Crippen molar-refractivity contribution < 1.29 is 14.6 Å². The van der Waals surface area contributed by atoms with E-state index in [1.54, 1.807) is 13.3 Å². The summed E-state index contributed by atoms with van der Waals surface area (Å²) in [5.74, 6) is 1.30. The number of ether oxygens (including phenoxy) is 1. The lowest BCUT2D eigenvalue weighted by atomic mass is 9.84. The van der Waals surface area contributed by atoms with Crippen molar-refractivity contribution >= 4 is 17.1 Å². The predicted octanol–water partition coefficient (Wildman–Crippen LogP) is 5.80. The van der Waals surface area contributed by atoms with Crippen LogP contribution in [0.1, 0.15) is 43.7 Å². The highest BCUT2D eigenvalue weighted by Gasteiger charge is 2.24. The number of carbonyl (C=O) groups is 1. The van der Waals surface area contributed by atoms with E-state index in [2.05, 4.69) is 21.0 Å². The van der Waals surface area contributed by atoms with E-state index in [4.69, 9.17) is 9.72 Å². The molecule has 0 radical (unpaired) electrons. The number of benzene rings is 2. The average Bonchev–Trinajstić information content (AvgIpc) is 3.42. The molecule has 2 aromatic carbocycles. The average molecular weight is 486 g/mol. The van der Waals surface area contributed by atoms with Crippen molar-refractivity contribution in [3.8, 4) is 17.0 Å². The Labute approximate surface area is 210 Å². The maximum absolute atomic E-state index is 11.8. The highest BCUT2D eigenvalue weighted by Crippen LogP contribution is 2.34. The first kappa shape index (κ1) is 23.8. The minimum Gasteiger partial charge on any atom is -0.497 e. The van der Waals surface area contributed by atoms with Crippen molar-refractivity contribution in [3.63, 3.8) is 0 Å². The molecule has 0 bridgehead atoms. The molecule has 1 N–H and O–H groups in total. The molecule has 0 aliphatic heterocycles. The van der Waals surface area contributed by atoms with Crippen molar-refractivity contribution in [1.29, 1.82) is 0 Å². The molecule has 5 rings (SSSR count). The summed E-state index contributed by atoms with van der Waals surface area (Å²) in [6.45, 7) is 0.936. The zero-order valence-electron chi connectivity index (χ0n) is 20.5. The molecule has 0 unspecified atom stereocenters. The molecule has 4 aromatic rings. The molecule has 36 heavy (non-hydrogen) atoms. The smallest absolute Gasteiger partial charge is 0.407 e. The number of aromatic nitrogens is 4. The number of amides is 1. The molecule has 1 saturated carbocycles. The van der Waals surface area contributed by atoms with Crippen LogP contribution in [0.2, 0.25) is 0 Å². The second-order valence-electron chi connectivity index (χ2n) is 9.47. The number of nitrogens with zero attached hydrogens (tertiary/aromatic N) is 5. The van der Waals surface area contributed by atoms with Crippen LogP contribution in [0.4, 0.5) is 4.79 Å². The lowest BCUT2D eigenvalue weighted by Gasteiger charge is -2.30. The zero-order chi connectivity index (χ0) is 24.9. The molecule has 2 aromatic heterocycles. The molecule has 8 heteroatoms. The van der Waals surface area contributed by atoms with E-state index in [1.807, 2.05) is 54.7 Å². The lowest BCUT2D eigenvalue weighted by molar-refractivity contribution is 0.135. The number of hydrogen-bond donors (Lipinski definition) is 1. The monoisotopic (exact) mass is 485 g/mol. The topological polar surface area (TPSA) is 93.4 Å². The molecule has 186 valence electrons. The van der Waals surface area contributed by atoms with Crippen molar-refractivity contribution in [2.45, 2.75) is 44.7 Å². The normalized spacial score (nSPS) is 17.7. The van der Waals surface area contributed by atoms with Gasteiger partial charge in [-0.1, -0.05) is 24.3 Å². The summed E-state index contributed by atoms with van der Waals surface area (Å²) in [7, 11) is 1.62. The second-order valence-corrected chi connectivity index (χ2v) is 9.47. The molecular formula is C28H31N5O3. The third kappa shape index (κ3) is 5.48. The molecule has 2 heterocycles. The first-order chi connectivity index (χ1) is 17.6. The van der Waals surface area contributed by atoms with Gasteiger partial charge in [-0.2, -0.15) is 5.10 Å². The molecule has 1 aliphatic rings. The first-order valence-corrected chi connectivity index (χ1v) is 12.5.